The average molecular weight is 341 g/mol. The zero-order valence-corrected chi connectivity index (χ0v) is 14.6. The number of carbonyl (C=O) groups is 1. The molecule has 2 aromatic carbocycles. The lowest BCUT2D eigenvalue weighted by atomic mass is 9.92. The van der Waals surface area contributed by atoms with Crippen molar-refractivity contribution < 1.29 is 19.0 Å². The summed E-state index contributed by atoms with van der Waals surface area (Å²) in [5.41, 5.74) is 2.06. The fraction of sp³-hybridized carbons (Fsp3) is 0.350. The Morgan fingerprint density at radius 2 is 1.96 bits per heavy atom. The second-order valence-electron chi connectivity index (χ2n) is 5.96. The molecule has 1 amide bonds. The Kier molecular flexibility index (Phi) is 5.43. The third-order valence-electron chi connectivity index (χ3n) is 4.44. The molecule has 1 atom stereocenters. The minimum atomic E-state index is -0.143. The van der Waals surface area contributed by atoms with Crippen molar-refractivity contribution >= 4 is 5.91 Å². The number of fused-ring (bicyclic) bond motifs is 1. The number of carbonyl (C=O) groups excluding carboxylic acids is 1. The van der Waals surface area contributed by atoms with E-state index in [4.69, 9.17) is 14.2 Å². The minimum Gasteiger partial charge on any atom is -0.493 e. The second-order valence-corrected chi connectivity index (χ2v) is 5.96. The Bertz CT molecular complexity index is 744. The van der Waals surface area contributed by atoms with Crippen LogP contribution in [0.4, 0.5) is 0 Å². The van der Waals surface area contributed by atoms with Gasteiger partial charge in [0.05, 0.1) is 26.7 Å². The lowest BCUT2D eigenvalue weighted by Gasteiger charge is -2.25. The van der Waals surface area contributed by atoms with E-state index in [-0.39, 0.29) is 11.8 Å². The summed E-state index contributed by atoms with van der Waals surface area (Å²) in [6.45, 7) is 1.15. The quantitative estimate of drug-likeness (QED) is 0.878. The number of para-hydroxylation sites is 1. The van der Waals surface area contributed by atoms with E-state index in [0.29, 0.717) is 31.1 Å². The van der Waals surface area contributed by atoms with Crippen molar-refractivity contribution in [3.8, 4) is 17.2 Å². The van der Waals surface area contributed by atoms with Crippen molar-refractivity contribution in [2.24, 2.45) is 0 Å². The first-order chi connectivity index (χ1) is 12.2. The lowest BCUT2D eigenvalue weighted by molar-refractivity contribution is -0.123. The van der Waals surface area contributed by atoms with E-state index in [1.54, 1.807) is 14.2 Å². The summed E-state index contributed by atoms with van der Waals surface area (Å²) < 4.78 is 16.2. The standard InChI is InChI=1S/C20H23NO4/c1-23-18-8-7-14(13-19(18)24-2)9-11-21-20(22)16-10-12-25-17-6-4-3-5-15(16)17/h3-8,13,16H,9-12H2,1-2H3,(H,21,22). The molecule has 25 heavy (non-hydrogen) atoms. The fourth-order valence-electron chi connectivity index (χ4n) is 3.10. The van der Waals surface area contributed by atoms with Crippen LogP contribution in [0.1, 0.15) is 23.5 Å². The van der Waals surface area contributed by atoms with Crippen LogP contribution in [-0.2, 0) is 11.2 Å². The molecule has 0 aromatic heterocycles. The summed E-state index contributed by atoms with van der Waals surface area (Å²) in [7, 11) is 3.23. The molecule has 5 heteroatoms. The van der Waals surface area contributed by atoms with Gasteiger partial charge in [0.1, 0.15) is 5.75 Å². The SMILES string of the molecule is COc1ccc(CCNC(=O)C2CCOc3ccccc32)cc1OC. The number of rotatable bonds is 6. The van der Waals surface area contributed by atoms with Gasteiger partial charge in [0, 0.05) is 12.1 Å². The normalized spacial score (nSPS) is 15.7. The molecule has 0 saturated carbocycles. The predicted molar refractivity (Wildman–Crippen MR) is 95.6 cm³/mol. The molecule has 1 aliphatic heterocycles. The van der Waals surface area contributed by atoms with Gasteiger partial charge in [0.2, 0.25) is 5.91 Å². The first-order valence-corrected chi connectivity index (χ1v) is 8.43. The maximum Gasteiger partial charge on any atom is 0.227 e. The van der Waals surface area contributed by atoms with Crippen LogP contribution in [0, 0.1) is 0 Å². The molecule has 1 aliphatic rings. The summed E-state index contributed by atoms with van der Waals surface area (Å²) in [6, 6.07) is 13.6. The van der Waals surface area contributed by atoms with E-state index in [0.717, 1.165) is 23.3 Å². The maximum absolute atomic E-state index is 12.6. The van der Waals surface area contributed by atoms with Gasteiger partial charge in [-0.25, -0.2) is 0 Å². The highest BCUT2D eigenvalue weighted by Crippen LogP contribution is 2.33. The van der Waals surface area contributed by atoms with Crippen LogP contribution in [-0.4, -0.2) is 33.3 Å². The molecule has 0 saturated heterocycles. The molecule has 1 heterocycles. The van der Waals surface area contributed by atoms with Crippen LogP contribution in [0.25, 0.3) is 0 Å². The van der Waals surface area contributed by atoms with E-state index in [1.807, 2.05) is 42.5 Å². The largest absolute Gasteiger partial charge is 0.493 e. The molecule has 1 N–H and O–H groups in total. The molecule has 132 valence electrons. The van der Waals surface area contributed by atoms with Crippen LogP contribution in [0.2, 0.25) is 0 Å². The van der Waals surface area contributed by atoms with Gasteiger partial charge in [-0.05, 0) is 36.6 Å². The topological polar surface area (TPSA) is 56.8 Å². The van der Waals surface area contributed by atoms with Gasteiger partial charge in [-0.3, -0.25) is 4.79 Å². The number of hydrogen-bond donors (Lipinski definition) is 1. The molecule has 5 nitrogen and oxygen atoms in total. The van der Waals surface area contributed by atoms with E-state index in [1.165, 1.54) is 0 Å². The summed E-state index contributed by atoms with van der Waals surface area (Å²) in [4.78, 5) is 12.6. The van der Waals surface area contributed by atoms with Crippen LogP contribution < -0.4 is 19.5 Å². The van der Waals surface area contributed by atoms with Crippen LogP contribution in [0.15, 0.2) is 42.5 Å². The third-order valence-corrected chi connectivity index (χ3v) is 4.44. The Hall–Kier alpha value is -2.69. The zero-order chi connectivity index (χ0) is 17.6. The summed E-state index contributed by atoms with van der Waals surface area (Å²) >= 11 is 0. The molecule has 0 fully saturated rings. The number of amides is 1. The summed E-state index contributed by atoms with van der Waals surface area (Å²) in [6.07, 6.45) is 1.44. The van der Waals surface area contributed by atoms with Crippen LogP contribution in [0.3, 0.4) is 0 Å². The van der Waals surface area contributed by atoms with Gasteiger partial charge in [-0.2, -0.15) is 0 Å². The highest BCUT2D eigenvalue weighted by Gasteiger charge is 2.26. The summed E-state index contributed by atoms with van der Waals surface area (Å²) in [5, 5.41) is 3.04. The smallest absolute Gasteiger partial charge is 0.227 e. The van der Waals surface area contributed by atoms with Crippen molar-refractivity contribution in [3.05, 3.63) is 53.6 Å². The summed E-state index contributed by atoms with van der Waals surface area (Å²) in [5.74, 6) is 2.12. The number of benzene rings is 2. The van der Waals surface area contributed by atoms with Crippen molar-refractivity contribution in [2.75, 3.05) is 27.4 Å². The first kappa shape index (κ1) is 17.1. The first-order valence-electron chi connectivity index (χ1n) is 8.43. The van der Waals surface area contributed by atoms with Crippen molar-refractivity contribution in [1.82, 2.24) is 5.32 Å². The molecule has 0 aliphatic carbocycles. The Morgan fingerprint density at radius 3 is 2.76 bits per heavy atom. The van der Waals surface area contributed by atoms with Gasteiger partial charge in [0.25, 0.3) is 0 Å². The number of ether oxygens (including phenoxy) is 3. The molecule has 0 bridgehead atoms. The van der Waals surface area contributed by atoms with Crippen LogP contribution >= 0.6 is 0 Å². The van der Waals surface area contributed by atoms with E-state index in [2.05, 4.69) is 5.32 Å². The number of methoxy groups -OCH3 is 2. The highest BCUT2D eigenvalue weighted by atomic mass is 16.5. The molecule has 2 aromatic rings. The number of hydrogen-bond acceptors (Lipinski definition) is 4. The van der Waals surface area contributed by atoms with Gasteiger partial charge in [-0.1, -0.05) is 24.3 Å². The minimum absolute atomic E-state index is 0.0521. The molecule has 1 unspecified atom stereocenters. The second kappa shape index (κ2) is 7.92. The Morgan fingerprint density at radius 1 is 1.16 bits per heavy atom. The Balaban J connectivity index is 1.59. The average Bonchev–Trinajstić information content (AvgIpc) is 2.67. The monoisotopic (exact) mass is 341 g/mol. The van der Waals surface area contributed by atoms with Crippen molar-refractivity contribution in [3.63, 3.8) is 0 Å². The molecule has 3 rings (SSSR count). The third kappa shape index (κ3) is 3.87. The van der Waals surface area contributed by atoms with E-state index >= 15 is 0 Å². The van der Waals surface area contributed by atoms with Gasteiger partial charge in [-0.15, -0.1) is 0 Å². The van der Waals surface area contributed by atoms with Crippen LogP contribution in [0.5, 0.6) is 17.2 Å². The van der Waals surface area contributed by atoms with Crippen molar-refractivity contribution in [2.45, 2.75) is 18.8 Å². The molecule has 0 spiro atoms. The number of nitrogens with one attached hydrogen (secondary N) is 1. The fourth-order valence-corrected chi connectivity index (χ4v) is 3.10. The van der Waals surface area contributed by atoms with Gasteiger partial charge < -0.3 is 19.5 Å². The molecular formula is C20H23NO4. The van der Waals surface area contributed by atoms with E-state index < -0.39 is 0 Å². The van der Waals surface area contributed by atoms with Gasteiger partial charge >= 0.3 is 0 Å². The molecular weight excluding hydrogens is 318 g/mol. The zero-order valence-electron chi connectivity index (χ0n) is 14.6. The maximum atomic E-state index is 12.6. The van der Waals surface area contributed by atoms with E-state index in [9.17, 15) is 4.79 Å². The Labute approximate surface area is 147 Å². The highest BCUT2D eigenvalue weighted by molar-refractivity contribution is 5.84. The predicted octanol–water partition coefficient (Wildman–Crippen LogP) is 2.93. The van der Waals surface area contributed by atoms with Gasteiger partial charge in [0.15, 0.2) is 11.5 Å². The molecule has 0 radical (unpaired) electrons. The lowest BCUT2D eigenvalue weighted by Crippen LogP contribution is -2.33. The van der Waals surface area contributed by atoms with Crippen molar-refractivity contribution in [1.29, 1.82) is 0 Å².